The fraction of sp³-hybridized carbons (Fsp3) is 0.0588. The molecule has 4 nitrogen and oxygen atoms in total. The summed E-state index contributed by atoms with van der Waals surface area (Å²) in [6.45, 7) is 0. The molecular formula is C17H15N3OS. The first-order chi connectivity index (χ1) is 10.8. The summed E-state index contributed by atoms with van der Waals surface area (Å²) in [5.74, 6) is 0.755. The molecule has 22 heavy (non-hydrogen) atoms. The quantitative estimate of drug-likeness (QED) is 0.715. The van der Waals surface area contributed by atoms with E-state index in [9.17, 15) is 0 Å². The molecule has 0 aliphatic heterocycles. The monoisotopic (exact) mass is 309 g/mol. The number of fused-ring (bicyclic) bond motifs is 1. The van der Waals surface area contributed by atoms with Crippen molar-refractivity contribution in [2.75, 3.05) is 17.7 Å². The summed E-state index contributed by atoms with van der Waals surface area (Å²) in [6, 6.07) is 17.5. The fourth-order valence-corrected chi connectivity index (χ4v) is 2.41. The Morgan fingerprint density at radius 2 is 1.86 bits per heavy atom. The molecule has 0 aliphatic rings. The second-order valence-electron chi connectivity index (χ2n) is 4.70. The molecule has 1 aromatic heterocycles. The van der Waals surface area contributed by atoms with Crippen molar-refractivity contribution in [1.82, 2.24) is 4.98 Å². The lowest BCUT2D eigenvalue weighted by Gasteiger charge is -2.13. The van der Waals surface area contributed by atoms with E-state index in [1.807, 2.05) is 54.6 Å². The third-order valence-electron chi connectivity index (χ3n) is 3.19. The molecule has 0 saturated carbocycles. The Labute approximate surface area is 134 Å². The molecule has 5 heteroatoms. The zero-order valence-electron chi connectivity index (χ0n) is 12.0. The summed E-state index contributed by atoms with van der Waals surface area (Å²) >= 11 is 5.37. The van der Waals surface area contributed by atoms with E-state index in [2.05, 4.69) is 15.6 Å². The van der Waals surface area contributed by atoms with E-state index in [0.717, 1.165) is 28.0 Å². The predicted molar refractivity (Wildman–Crippen MR) is 94.6 cm³/mol. The van der Waals surface area contributed by atoms with E-state index in [0.29, 0.717) is 5.11 Å². The summed E-state index contributed by atoms with van der Waals surface area (Å²) in [5, 5.41) is 7.83. The SMILES string of the molecule is COc1cc(NC(=S)Nc2ccccc2)c2ncccc2c1. The van der Waals surface area contributed by atoms with Crippen LogP contribution < -0.4 is 15.4 Å². The summed E-state index contributed by atoms with van der Waals surface area (Å²) in [4.78, 5) is 4.41. The van der Waals surface area contributed by atoms with Crippen LogP contribution in [0.1, 0.15) is 0 Å². The van der Waals surface area contributed by atoms with Crippen LogP contribution in [0.4, 0.5) is 11.4 Å². The van der Waals surface area contributed by atoms with E-state index in [1.54, 1.807) is 13.3 Å². The van der Waals surface area contributed by atoms with Crippen LogP contribution in [0.2, 0.25) is 0 Å². The number of methoxy groups -OCH3 is 1. The van der Waals surface area contributed by atoms with Crippen molar-refractivity contribution in [3.05, 3.63) is 60.8 Å². The molecule has 0 spiro atoms. The van der Waals surface area contributed by atoms with Crippen molar-refractivity contribution in [3.63, 3.8) is 0 Å². The standard InChI is InChI=1S/C17H15N3OS/c1-21-14-10-12-6-5-9-18-16(12)15(11-14)20-17(22)19-13-7-3-2-4-8-13/h2-11H,1H3,(H2,19,20,22). The Hall–Kier alpha value is -2.66. The van der Waals surface area contributed by atoms with Crippen LogP contribution in [-0.2, 0) is 0 Å². The van der Waals surface area contributed by atoms with E-state index in [4.69, 9.17) is 17.0 Å². The first-order valence-electron chi connectivity index (χ1n) is 6.82. The largest absolute Gasteiger partial charge is 0.497 e. The molecule has 0 fully saturated rings. The van der Waals surface area contributed by atoms with Crippen molar-refractivity contribution in [2.24, 2.45) is 0 Å². The first kappa shape index (κ1) is 14.3. The number of anilines is 2. The second kappa shape index (κ2) is 6.41. The minimum Gasteiger partial charge on any atom is -0.497 e. The van der Waals surface area contributed by atoms with Gasteiger partial charge in [-0.15, -0.1) is 0 Å². The zero-order valence-corrected chi connectivity index (χ0v) is 12.9. The van der Waals surface area contributed by atoms with Crippen molar-refractivity contribution in [3.8, 4) is 5.75 Å². The van der Waals surface area contributed by atoms with Gasteiger partial charge in [-0.05, 0) is 36.5 Å². The van der Waals surface area contributed by atoms with Crippen LogP contribution in [0.5, 0.6) is 5.75 Å². The maximum atomic E-state index is 5.37. The molecule has 3 aromatic rings. The van der Waals surface area contributed by atoms with Crippen LogP contribution in [0.25, 0.3) is 10.9 Å². The lowest BCUT2D eigenvalue weighted by atomic mass is 10.2. The number of rotatable bonds is 3. The maximum absolute atomic E-state index is 5.37. The van der Waals surface area contributed by atoms with Crippen molar-refractivity contribution < 1.29 is 4.74 Å². The molecule has 2 aromatic carbocycles. The Bertz CT molecular complexity index is 805. The highest BCUT2D eigenvalue weighted by Crippen LogP contribution is 2.27. The third-order valence-corrected chi connectivity index (χ3v) is 3.40. The molecule has 1 heterocycles. The first-order valence-corrected chi connectivity index (χ1v) is 7.23. The van der Waals surface area contributed by atoms with Gasteiger partial charge in [-0.3, -0.25) is 4.98 Å². The van der Waals surface area contributed by atoms with Gasteiger partial charge in [-0.25, -0.2) is 0 Å². The Morgan fingerprint density at radius 3 is 2.64 bits per heavy atom. The second-order valence-corrected chi connectivity index (χ2v) is 5.10. The number of nitrogens with zero attached hydrogens (tertiary/aromatic N) is 1. The van der Waals surface area contributed by atoms with Crippen LogP contribution in [-0.4, -0.2) is 17.2 Å². The summed E-state index contributed by atoms with van der Waals surface area (Å²) in [6.07, 6.45) is 1.76. The van der Waals surface area contributed by atoms with E-state index < -0.39 is 0 Å². The Kier molecular flexibility index (Phi) is 4.16. The number of ether oxygens (including phenoxy) is 1. The van der Waals surface area contributed by atoms with Crippen molar-refractivity contribution in [1.29, 1.82) is 0 Å². The van der Waals surface area contributed by atoms with Gasteiger partial charge in [0.05, 0.1) is 18.3 Å². The molecule has 110 valence electrons. The number of aromatic nitrogens is 1. The average Bonchev–Trinajstić information content (AvgIpc) is 2.55. The van der Waals surface area contributed by atoms with E-state index in [1.165, 1.54) is 0 Å². The Balaban J connectivity index is 1.88. The van der Waals surface area contributed by atoms with Gasteiger partial charge in [-0.1, -0.05) is 24.3 Å². The third kappa shape index (κ3) is 3.15. The Morgan fingerprint density at radius 1 is 1.05 bits per heavy atom. The highest BCUT2D eigenvalue weighted by atomic mass is 32.1. The number of pyridine rings is 1. The van der Waals surface area contributed by atoms with Gasteiger partial charge in [-0.2, -0.15) is 0 Å². The number of nitrogens with one attached hydrogen (secondary N) is 2. The number of para-hydroxylation sites is 1. The van der Waals surface area contributed by atoms with Crippen LogP contribution in [0.15, 0.2) is 60.8 Å². The van der Waals surface area contributed by atoms with Gasteiger partial charge in [0, 0.05) is 23.3 Å². The summed E-state index contributed by atoms with van der Waals surface area (Å²) < 4.78 is 5.33. The van der Waals surface area contributed by atoms with Crippen LogP contribution >= 0.6 is 12.2 Å². The number of benzene rings is 2. The fourth-order valence-electron chi connectivity index (χ4n) is 2.18. The van der Waals surface area contributed by atoms with Gasteiger partial charge in [0.25, 0.3) is 0 Å². The summed E-state index contributed by atoms with van der Waals surface area (Å²) in [7, 11) is 1.64. The molecule has 2 N–H and O–H groups in total. The predicted octanol–water partition coefficient (Wildman–Crippen LogP) is 4.05. The number of hydrogen-bond acceptors (Lipinski definition) is 3. The van der Waals surface area contributed by atoms with E-state index >= 15 is 0 Å². The lowest BCUT2D eigenvalue weighted by molar-refractivity contribution is 0.415. The molecule has 0 radical (unpaired) electrons. The number of hydrogen-bond donors (Lipinski definition) is 2. The van der Waals surface area contributed by atoms with Gasteiger partial charge in [0.2, 0.25) is 0 Å². The normalized spacial score (nSPS) is 10.2. The van der Waals surface area contributed by atoms with Crippen molar-refractivity contribution >= 4 is 39.6 Å². The zero-order chi connectivity index (χ0) is 15.4. The molecule has 0 amide bonds. The topological polar surface area (TPSA) is 46.2 Å². The van der Waals surface area contributed by atoms with Gasteiger partial charge < -0.3 is 15.4 Å². The highest BCUT2D eigenvalue weighted by Gasteiger charge is 2.07. The number of thiocarbonyl (C=S) groups is 1. The maximum Gasteiger partial charge on any atom is 0.175 e. The van der Waals surface area contributed by atoms with Crippen LogP contribution in [0, 0.1) is 0 Å². The minimum atomic E-state index is 0.506. The van der Waals surface area contributed by atoms with Gasteiger partial charge in [0.1, 0.15) is 5.75 Å². The van der Waals surface area contributed by atoms with Gasteiger partial charge in [0.15, 0.2) is 5.11 Å². The molecule has 0 saturated heterocycles. The molecule has 3 rings (SSSR count). The molecule has 0 unspecified atom stereocenters. The molecule has 0 atom stereocenters. The van der Waals surface area contributed by atoms with E-state index in [-0.39, 0.29) is 0 Å². The molecule has 0 bridgehead atoms. The van der Waals surface area contributed by atoms with Gasteiger partial charge >= 0.3 is 0 Å². The van der Waals surface area contributed by atoms with Crippen LogP contribution in [0.3, 0.4) is 0 Å². The summed E-state index contributed by atoms with van der Waals surface area (Å²) in [5.41, 5.74) is 2.59. The molecule has 0 aliphatic carbocycles. The minimum absolute atomic E-state index is 0.506. The van der Waals surface area contributed by atoms with Crippen molar-refractivity contribution in [2.45, 2.75) is 0 Å². The smallest absolute Gasteiger partial charge is 0.175 e. The average molecular weight is 309 g/mol. The lowest BCUT2D eigenvalue weighted by Crippen LogP contribution is -2.19. The molecular weight excluding hydrogens is 294 g/mol. The highest BCUT2D eigenvalue weighted by molar-refractivity contribution is 7.80.